The van der Waals surface area contributed by atoms with E-state index in [4.69, 9.17) is 0 Å². The van der Waals surface area contributed by atoms with Crippen LogP contribution >= 0.6 is 0 Å². The van der Waals surface area contributed by atoms with Crippen LogP contribution in [0.4, 0.5) is 11.4 Å². The highest BCUT2D eigenvalue weighted by molar-refractivity contribution is 6.14. The summed E-state index contributed by atoms with van der Waals surface area (Å²) in [5.41, 5.74) is 1.66. The maximum absolute atomic E-state index is 12.6. The molecule has 2 amide bonds. The molecule has 0 radical (unpaired) electrons. The van der Waals surface area contributed by atoms with E-state index >= 15 is 0 Å². The van der Waals surface area contributed by atoms with Gasteiger partial charge in [-0.1, -0.05) is 26.0 Å². The average molecular weight is 366 g/mol. The number of ketones is 1. The van der Waals surface area contributed by atoms with Gasteiger partial charge in [-0.05, 0) is 68.7 Å². The molecular formula is C22H26N2O3. The van der Waals surface area contributed by atoms with Gasteiger partial charge in [-0.15, -0.1) is 0 Å². The number of Topliss-reactive ketones (excluding diaryl/α,β-unsaturated/α-hetero) is 1. The second-order valence-corrected chi connectivity index (χ2v) is 7.44. The Kier molecular flexibility index (Phi) is 6.16. The van der Waals surface area contributed by atoms with Crippen molar-refractivity contribution in [1.29, 1.82) is 0 Å². The zero-order valence-electron chi connectivity index (χ0n) is 16.4. The Hall–Kier alpha value is -2.95. The maximum atomic E-state index is 12.6. The fraction of sp³-hybridized carbons (Fsp3) is 0.318. The highest BCUT2D eigenvalue weighted by atomic mass is 16.2. The number of hydrogen-bond donors (Lipinski definition) is 2. The van der Waals surface area contributed by atoms with Gasteiger partial charge in [0.25, 0.3) is 0 Å². The van der Waals surface area contributed by atoms with Crippen LogP contribution in [-0.4, -0.2) is 17.6 Å². The van der Waals surface area contributed by atoms with Crippen molar-refractivity contribution >= 4 is 29.0 Å². The first-order chi connectivity index (χ1) is 12.6. The molecule has 0 aliphatic carbocycles. The lowest BCUT2D eigenvalue weighted by Gasteiger charge is -2.23. The molecule has 0 heterocycles. The molecule has 142 valence electrons. The number of carbonyl (C=O) groups is 3. The van der Waals surface area contributed by atoms with Gasteiger partial charge in [0.2, 0.25) is 11.8 Å². The Labute approximate surface area is 160 Å². The molecule has 0 spiro atoms. The molecule has 5 nitrogen and oxygen atoms in total. The lowest BCUT2D eigenvalue weighted by molar-refractivity contribution is -0.135. The van der Waals surface area contributed by atoms with Gasteiger partial charge >= 0.3 is 0 Å². The highest BCUT2D eigenvalue weighted by Gasteiger charge is 2.36. The molecule has 0 unspecified atom stereocenters. The summed E-state index contributed by atoms with van der Waals surface area (Å²) in [4.78, 5) is 36.5. The van der Waals surface area contributed by atoms with E-state index < -0.39 is 17.2 Å². The van der Waals surface area contributed by atoms with Crippen LogP contribution in [0.3, 0.4) is 0 Å². The van der Waals surface area contributed by atoms with Crippen LogP contribution in [0.15, 0.2) is 48.5 Å². The average Bonchev–Trinajstić information content (AvgIpc) is 2.62. The summed E-state index contributed by atoms with van der Waals surface area (Å²) in [6.07, 6.45) is 0. The zero-order chi connectivity index (χ0) is 20.2. The third kappa shape index (κ3) is 5.03. The van der Waals surface area contributed by atoms with Crippen molar-refractivity contribution in [1.82, 2.24) is 0 Å². The molecule has 2 aromatic rings. The number of nitrogens with one attached hydrogen (secondary N) is 2. The van der Waals surface area contributed by atoms with Crippen LogP contribution in [-0.2, 0) is 9.59 Å². The van der Waals surface area contributed by atoms with Gasteiger partial charge in [0.05, 0.1) is 0 Å². The summed E-state index contributed by atoms with van der Waals surface area (Å²) >= 11 is 0. The van der Waals surface area contributed by atoms with Crippen molar-refractivity contribution in [3.05, 3.63) is 59.7 Å². The zero-order valence-corrected chi connectivity index (χ0v) is 16.4. The molecule has 0 fully saturated rings. The molecule has 0 aliphatic rings. The Morgan fingerprint density at radius 1 is 0.778 bits per heavy atom. The van der Waals surface area contributed by atoms with E-state index in [1.165, 1.54) is 12.5 Å². The van der Waals surface area contributed by atoms with E-state index in [9.17, 15) is 14.4 Å². The molecule has 27 heavy (non-hydrogen) atoms. The van der Waals surface area contributed by atoms with Crippen LogP contribution < -0.4 is 10.6 Å². The molecular weight excluding hydrogens is 340 g/mol. The standard InChI is InChI=1S/C22H26N2O3/c1-14(2)16-6-10-18(11-7-16)23-20(26)22(4,5)21(27)24-19-12-8-17(9-13-19)15(3)25/h6-14H,1-5H3,(H,23,26)(H,24,27). The first kappa shape index (κ1) is 20.4. The molecule has 0 saturated heterocycles. The number of amides is 2. The summed E-state index contributed by atoms with van der Waals surface area (Å²) in [6, 6.07) is 14.2. The Bertz CT molecular complexity index is 835. The number of rotatable bonds is 6. The Morgan fingerprint density at radius 3 is 1.56 bits per heavy atom. The Morgan fingerprint density at radius 2 is 1.19 bits per heavy atom. The summed E-state index contributed by atoms with van der Waals surface area (Å²) in [7, 11) is 0. The van der Waals surface area contributed by atoms with E-state index in [2.05, 4.69) is 24.5 Å². The molecule has 0 aromatic heterocycles. The predicted molar refractivity (Wildman–Crippen MR) is 108 cm³/mol. The topological polar surface area (TPSA) is 75.3 Å². The van der Waals surface area contributed by atoms with Crippen molar-refractivity contribution in [3.8, 4) is 0 Å². The van der Waals surface area contributed by atoms with Crippen molar-refractivity contribution in [3.63, 3.8) is 0 Å². The number of carbonyl (C=O) groups excluding carboxylic acids is 3. The summed E-state index contributed by atoms with van der Waals surface area (Å²) in [5, 5.41) is 5.52. The minimum atomic E-state index is -1.27. The maximum Gasteiger partial charge on any atom is 0.239 e. The van der Waals surface area contributed by atoms with E-state index in [1.54, 1.807) is 38.1 Å². The van der Waals surface area contributed by atoms with Crippen molar-refractivity contribution in [2.45, 2.75) is 40.5 Å². The van der Waals surface area contributed by atoms with Crippen LogP contribution in [0.1, 0.15) is 56.5 Å². The first-order valence-corrected chi connectivity index (χ1v) is 8.95. The second kappa shape index (κ2) is 8.16. The van der Waals surface area contributed by atoms with Gasteiger partial charge in [0.15, 0.2) is 5.78 Å². The molecule has 5 heteroatoms. The minimum absolute atomic E-state index is 0.0453. The van der Waals surface area contributed by atoms with Crippen LogP contribution in [0.5, 0.6) is 0 Å². The first-order valence-electron chi connectivity index (χ1n) is 8.95. The molecule has 2 rings (SSSR count). The number of hydrogen-bond acceptors (Lipinski definition) is 3. The van der Waals surface area contributed by atoms with E-state index in [-0.39, 0.29) is 5.78 Å². The smallest absolute Gasteiger partial charge is 0.239 e. The Balaban J connectivity index is 2.05. The largest absolute Gasteiger partial charge is 0.325 e. The summed E-state index contributed by atoms with van der Waals surface area (Å²) in [6.45, 7) is 8.83. The normalized spacial score (nSPS) is 11.2. The van der Waals surface area contributed by atoms with Gasteiger partial charge < -0.3 is 10.6 Å². The highest BCUT2D eigenvalue weighted by Crippen LogP contribution is 2.23. The third-order valence-electron chi connectivity index (χ3n) is 4.52. The number of benzene rings is 2. The summed E-state index contributed by atoms with van der Waals surface area (Å²) < 4.78 is 0. The quantitative estimate of drug-likeness (QED) is 0.579. The third-order valence-corrected chi connectivity index (χ3v) is 4.52. The van der Waals surface area contributed by atoms with Crippen molar-refractivity contribution < 1.29 is 14.4 Å². The monoisotopic (exact) mass is 366 g/mol. The van der Waals surface area contributed by atoms with Gasteiger partial charge in [-0.2, -0.15) is 0 Å². The molecule has 0 atom stereocenters. The minimum Gasteiger partial charge on any atom is -0.325 e. The molecule has 0 saturated carbocycles. The van der Waals surface area contributed by atoms with Gasteiger partial charge in [-0.3, -0.25) is 14.4 Å². The van der Waals surface area contributed by atoms with Crippen LogP contribution in [0.25, 0.3) is 0 Å². The molecule has 2 N–H and O–H groups in total. The predicted octanol–water partition coefficient (Wildman–Crippen LogP) is 4.62. The van der Waals surface area contributed by atoms with Gasteiger partial charge in [0.1, 0.15) is 5.41 Å². The lowest BCUT2D eigenvalue weighted by atomic mass is 9.90. The van der Waals surface area contributed by atoms with E-state index in [0.717, 1.165) is 0 Å². The second-order valence-electron chi connectivity index (χ2n) is 7.44. The van der Waals surface area contributed by atoms with E-state index in [0.29, 0.717) is 22.9 Å². The summed E-state index contributed by atoms with van der Waals surface area (Å²) in [5.74, 6) is -0.450. The SMILES string of the molecule is CC(=O)c1ccc(NC(=O)C(C)(C)C(=O)Nc2ccc(C(C)C)cc2)cc1. The van der Waals surface area contributed by atoms with E-state index in [1.807, 2.05) is 24.3 Å². The fourth-order valence-corrected chi connectivity index (χ4v) is 2.42. The lowest BCUT2D eigenvalue weighted by Crippen LogP contribution is -2.41. The van der Waals surface area contributed by atoms with Crippen molar-refractivity contribution in [2.75, 3.05) is 10.6 Å². The molecule has 2 aromatic carbocycles. The van der Waals surface area contributed by atoms with Crippen molar-refractivity contribution in [2.24, 2.45) is 5.41 Å². The van der Waals surface area contributed by atoms with Gasteiger partial charge in [0, 0.05) is 16.9 Å². The number of anilines is 2. The van der Waals surface area contributed by atoms with Crippen LogP contribution in [0, 0.1) is 5.41 Å². The fourth-order valence-electron chi connectivity index (χ4n) is 2.42. The van der Waals surface area contributed by atoms with Gasteiger partial charge in [-0.25, -0.2) is 0 Å². The van der Waals surface area contributed by atoms with Crippen LogP contribution in [0.2, 0.25) is 0 Å². The molecule has 0 bridgehead atoms. The molecule has 0 aliphatic heterocycles.